The maximum absolute atomic E-state index is 12.4. The molecule has 4 heteroatoms. The highest BCUT2D eigenvalue weighted by atomic mass is 31.1. The largest absolute Gasteiger partial charge is 0.432 e. The fraction of sp³-hybridized carbons (Fsp3) is 0.650. The molecule has 0 radical (unpaired) electrons. The van der Waals surface area contributed by atoms with E-state index in [1.807, 2.05) is 38.1 Å². The zero-order valence-electron chi connectivity index (χ0n) is 16.2. The van der Waals surface area contributed by atoms with Crippen LogP contribution in [0.3, 0.4) is 0 Å². The van der Waals surface area contributed by atoms with Crippen LogP contribution in [-0.2, 0) is 9.47 Å². The van der Waals surface area contributed by atoms with Crippen LogP contribution >= 0.6 is 8.58 Å². The summed E-state index contributed by atoms with van der Waals surface area (Å²) in [6.07, 6.45) is 1.29. The van der Waals surface area contributed by atoms with E-state index in [2.05, 4.69) is 34.4 Å². The predicted octanol–water partition coefficient (Wildman–Crippen LogP) is 5.79. The van der Waals surface area contributed by atoms with Gasteiger partial charge in [0.05, 0.1) is 11.7 Å². The molecule has 1 rings (SSSR count). The number of rotatable bonds is 8. The van der Waals surface area contributed by atoms with Crippen molar-refractivity contribution in [3.05, 3.63) is 35.4 Å². The smallest absolute Gasteiger partial charge is 0.340 e. The fourth-order valence-electron chi connectivity index (χ4n) is 2.57. The lowest BCUT2D eigenvalue weighted by atomic mass is 9.92. The van der Waals surface area contributed by atoms with Crippen molar-refractivity contribution in [3.63, 3.8) is 0 Å². The summed E-state index contributed by atoms with van der Waals surface area (Å²) in [6.45, 7) is 14.7. The molecule has 3 nitrogen and oxygen atoms in total. The summed E-state index contributed by atoms with van der Waals surface area (Å²) < 4.78 is 11.4. The topological polar surface area (TPSA) is 35.5 Å². The van der Waals surface area contributed by atoms with Gasteiger partial charge in [0.15, 0.2) is 0 Å². The Hall–Kier alpha value is -0.920. The molecule has 0 fully saturated rings. The van der Waals surface area contributed by atoms with Gasteiger partial charge in [-0.2, -0.15) is 0 Å². The zero-order valence-corrected chi connectivity index (χ0v) is 17.2. The zero-order chi connectivity index (χ0) is 18.3. The first-order valence-corrected chi connectivity index (χ1v) is 10.4. The second kappa shape index (κ2) is 9.53. The van der Waals surface area contributed by atoms with Crippen molar-refractivity contribution in [2.45, 2.75) is 72.4 Å². The van der Waals surface area contributed by atoms with Crippen LogP contribution in [0.1, 0.15) is 76.0 Å². The first-order chi connectivity index (χ1) is 11.2. The number of esters is 1. The molecule has 1 aromatic carbocycles. The Bertz CT molecular complexity index is 499. The molecule has 3 unspecified atom stereocenters. The molecule has 24 heavy (non-hydrogen) atoms. The van der Waals surface area contributed by atoms with Gasteiger partial charge in [0.25, 0.3) is 0 Å². The van der Waals surface area contributed by atoms with Crippen molar-refractivity contribution in [1.29, 1.82) is 0 Å². The summed E-state index contributed by atoms with van der Waals surface area (Å²) >= 11 is 0. The molecule has 0 heterocycles. The van der Waals surface area contributed by atoms with Gasteiger partial charge in [0.2, 0.25) is 6.29 Å². The van der Waals surface area contributed by atoms with Gasteiger partial charge in [-0.15, -0.1) is 8.58 Å². The molecule has 136 valence electrons. The first-order valence-electron chi connectivity index (χ1n) is 8.80. The normalized spacial score (nSPS) is 15.0. The number of hydrogen-bond donors (Lipinski definition) is 0. The highest BCUT2D eigenvalue weighted by Crippen LogP contribution is 2.34. The second-order valence-corrected chi connectivity index (χ2v) is 8.93. The third-order valence-electron chi connectivity index (χ3n) is 3.75. The Labute approximate surface area is 149 Å². The third-order valence-corrected chi connectivity index (χ3v) is 5.19. The minimum atomic E-state index is -0.516. The van der Waals surface area contributed by atoms with Crippen LogP contribution in [-0.4, -0.2) is 25.0 Å². The maximum atomic E-state index is 12.4. The van der Waals surface area contributed by atoms with E-state index in [-0.39, 0.29) is 17.5 Å². The number of ether oxygens (including phenoxy) is 2. The summed E-state index contributed by atoms with van der Waals surface area (Å²) in [5, 5.41) is 0. The second-order valence-electron chi connectivity index (χ2n) is 7.66. The summed E-state index contributed by atoms with van der Waals surface area (Å²) in [5.41, 5.74) is 2.48. The molecule has 1 aromatic rings. The third kappa shape index (κ3) is 7.32. The van der Waals surface area contributed by atoms with Crippen LogP contribution in [0.25, 0.3) is 0 Å². The van der Waals surface area contributed by atoms with Crippen LogP contribution in [0.4, 0.5) is 0 Å². The molecular weight excluding hydrogens is 319 g/mol. The molecule has 0 spiro atoms. The number of hydrogen-bond acceptors (Lipinski definition) is 3. The Morgan fingerprint density at radius 2 is 1.75 bits per heavy atom. The minimum absolute atomic E-state index is 0.0170. The predicted molar refractivity (Wildman–Crippen MR) is 103 cm³/mol. The molecule has 0 saturated carbocycles. The molecule has 0 aliphatic carbocycles. The summed E-state index contributed by atoms with van der Waals surface area (Å²) in [6, 6.07) is 7.82. The van der Waals surface area contributed by atoms with Crippen molar-refractivity contribution in [2.75, 3.05) is 6.66 Å². The van der Waals surface area contributed by atoms with Crippen LogP contribution in [0.5, 0.6) is 0 Å². The van der Waals surface area contributed by atoms with Crippen molar-refractivity contribution in [3.8, 4) is 0 Å². The van der Waals surface area contributed by atoms with E-state index in [9.17, 15) is 4.79 Å². The molecular formula is C20H33O3P. The average Bonchev–Trinajstić information content (AvgIpc) is 2.46. The van der Waals surface area contributed by atoms with Gasteiger partial charge >= 0.3 is 5.97 Å². The highest BCUT2D eigenvalue weighted by Gasteiger charge is 2.24. The van der Waals surface area contributed by atoms with Crippen molar-refractivity contribution < 1.29 is 14.3 Å². The maximum Gasteiger partial charge on any atom is 0.340 e. The quantitative estimate of drug-likeness (QED) is 0.337. The van der Waals surface area contributed by atoms with Crippen molar-refractivity contribution in [2.24, 2.45) is 5.41 Å². The van der Waals surface area contributed by atoms with Crippen LogP contribution < -0.4 is 0 Å². The molecule has 0 amide bonds. The monoisotopic (exact) mass is 352 g/mol. The lowest BCUT2D eigenvalue weighted by Crippen LogP contribution is -2.29. The van der Waals surface area contributed by atoms with Gasteiger partial charge < -0.3 is 9.47 Å². The SMILES string of the molecule is CCC(PC)c1ccc(C(=O)OC(CC(C)(C)C)OC(C)C)cc1. The van der Waals surface area contributed by atoms with Gasteiger partial charge in [-0.05, 0) is 50.0 Å². The van der Waals surface area contributed by atoms with E-state index in [0.717, 1.165) is 15.0 Å². The number of carbonyl (C=O) groups excluding carboxylic acids is 1. The summed E-state index contributed by atoms with van der Waals surface area (Å²) in [5.74, 6) is -0.316. The standard InChI is InChI=1S/C20H33O3P/c1-8-17(24-7)15-9-11-16(12-10-15)19(21)23-18(22-14(2)3)13-20(4,5)6/h9-12,14,17-18,24H,8,13H2,1-7H3. The van der Waals surface area contributed by atoms with Gasteiger partial charge in [-0.25, -0.2) is 4.79 Å². The fourth-order valence-corrected chi connectivity index (χ4v) is 3.50. The Morgan fingerprint density at radius 3 is 2.17 bits per heavy atom. The van der Waals surface area contributed by atoms with Gasteiger partial charge in [-0.1, -0.05) is 39.8 Å². The van der Waals surface area contributed by atoms with E-state index < -0.39 is 6.29 Å². The first kappa shape index (κ1) is 21.1. The van der Waals surface area contributed by atoms with E-state index in [0.29, 0.717) is 17.6 Å². The van der Waals surface area contributed by atoms with E-state index in [1.165, 1.54) is 5.56 Å². The average molecular weight is 352 g/mol. The molecule has 0 saturated heterocycles. The lowest BCUT2D eigenvalue weighted by Gasteiger charge is -2.27. The van der Waals surface area contributed by atoms with Gasteiger partial charge in [0, 0.05) is 12.1 Å². The van der Waals surface area contributed by atoms with Gasteiger partial charge in [-0.3, -0.25) is 0 Å². The Balaban J connectivity index is 2.79. The Morgan fingerprint density at radius 1 is 1.17 bits per heavy atom. The van der Waals surface area contributed by atoms with Crippen LogP contribution in [0.15, 0.2) is 24.3 Å². The van der Waals surface area contributed by atoms with E-state index in [4.69, 9.17) is 9.47 Å². The molecule has 0 bridgehead atoms. The minimum Gasteiger partial charge on any atom is -0.432 e. The Kier molecular flexibility index (Phi) is 8.39. The summed E-state index contributed by atoms with van der Waals surface area (Å²) in [4.78, 5) is 12.4. The summed E-state index contributed by atoms with van der Waals surface area (Å²) in [7, 11) is 0.868. The molecule has 3 atom stereocenters. The molecule has 0 aromatic heterocycles. The van der Waals surface area contributed by atoms with Crippen LogP contribution in [0.2, 0.25) is 0 Å². The number of benzene rings is 1. The highest BCUT2D eigenvalue weighted by molar-refractivity contribution is 7.37. The van der Waals surface area contributed by atoms with Crippen molar-refractivity contribution >= 4 is 14.6 Å². The lowest BCUT2D eigenvalue weighted by molar-refractivity contribution is -0.146. The van der Waals surface area contributed by atoms with Gasteiger partial charge in [0.1, 0.15) is 0 Å². The van der Waals surface area contributed by atoms with E-state index >= 15 is 0 Å². The van der Waals surface area contributed by atoms with E-state index in [1.54, 1.807) is 0 Å². The van der Waals surface area contributed by atoms with Crippen LogP contribution in [0, 0.1) is 5.41 Å². The number of carbonyl (C=O) groups is 1. The molecule has 0 aliphatic heterocycles. The molecule has 0 aliphatic rings. The van der Waals surface area contributed by atoms with Crippen molar-refractivity contribution in [1.82, 2.24) is 0 Å². The molecule has 0 N–H and O–H groups in total.